The highest BCUT2D eigenvalue weighted by Crippen LogP contribution is 2.16. The summed E-state index contributed by atoms with van der Waals surface area (Å²) in [5, 5.41) is 0. The number of hydrogen-bond donors (Lipinski definition) is 1. The molecule has 1 N–H and O–H groups in total. The molecule has 4 heteroatoms. The Hall–Kier alpha value is 0.150. The largest absolute Gasteiger partial charge is 0.326 e. The highest BCUT2D eigenvalue weighted by atomic mass is 31.1. The van der Waals surface area contributed by atoms with E-state index in [9.17, 15) is 4.57 Å². The molecule has 0 aliphatic carbocycles. The van der Waals surface area contributed by atoms with Crippen molar-refractivity contribution in [3.05, 3.63) is 0 Å². The highest BCUT2D eigenvalue weighted by molar-refractivity contribution is 7.32. The van der Waals surface area contributed by atoms with Crippen molar-refractivity contribution in [3.8, 4) is 0 Å². The van der Waals surface area contributed by atoms with E-state index in [-0.39, 0.29) is 0 Å². The molecule has 2 atom stereocenters. The van der Waals surface area contributed by atoms with Crippen LogP contribution in [0.1, 0.15) is 20.3 Å². The van der Waals surface area contributed by atoms with Crippen molar-refractivity contribution in [1.82, 2.24) is 0 Å². The molecule has 0 fully saturated rings. The van der Waals surface area contributed by atoms with Crippen molar-refractivity contribution >= 4 is 8.25 Å². The molecule has 0 spiro atoms. The van der Waals surface area contributed by atoms with Crippen LogP contribution in [0.4, 0.5) is 0 Å². The van der Waals surface area contributed by atoms with Gasteiger partial charge in [0.2, 0.25) is 0 Å². The molecule has 0 aromatic carbocycles. The summed E-state index contributed by atoms with van der Waals surface area (Å²) in [5.41, 5.74) is 0. The Bertz CT molecular complexity index is 94.2. The summed E-state index contributed by atoms with van der Waals surface area (Å²) >= 11 is 0. The zero-order valence-corrected chi connectivity index (χ0v) is 6.76. The monoisotopic (exact) mass is 152 g/mol. The van der Waals surface area contributed by atoms with Crippen molar-refractivity contribution < 1.29 is 14.0 Å². The van der Waals surface area contributed by atoms with Gasteiger partial charge in [-0.25, -0.2) is 0 Å². The van der Waals surface area contributed by atoms with Crippen LogP contribution in [0.15, 0.2) is 0 Å². The molecular weight excluding hydrogens is 139 g/mol. The quantitative estimate of drug-likeness (QED) is 0.620. The molecule has 0 amide bonds. The van der Waals surface area contributed by atoms with E-state index in [1.165, 1.54) is 0 Å². The second kappa shape index (κ2) is 4.98. The zero-order valence-electron chi connectivity index (χ0n) is 5.76. The summed E-state index contributed by atoms with van der Waals surface area (Å²) in [7, 11) is -2.69. The number of hydrogen-bond acceptors (Lipinski definition) is 2. The third-order valence-electron chi connectivity index (χ3n) is 1.19. The van der Waals surface area contributed by atoms with Crippen LogP contribution in [0, 0.1) is 5.92 Å². The Morgan fingerprint density at radius 1 is 1.78 bits per heavy atom. The average molecular weight is 152 g/mol. The van der Waals surface area contributed by atoms with Crippen LogP contribution in [0.2, 0.25) is 0 Å². The Morgan fingerprint density at radius 2 is 2.33 bits per heavy atom. The summed E-state index contributed by atoms with van der Waals surface area (Å²) in [6, 6.07) is 0. The summed E-state index contributed by atoms with van der Waals surface area (Å²) in [5.74, 6) is 0.381. The van der Waals surface area contributed by atoms with Crippen LogP contribution < -0.4 is 0 Å². The Morgan fingerprint density at radius 3 is 2.67 bits per heavy atom. The van der Waals surface area contributed by atoms with E-state index in [2.05, 4.69) is 4.52 Å². The molecule has 0 saturated carbocycles. The van der Waals surface area contributed by atoms with Gasteiger partial charge in [-0.15, -0.1) is 0 Å². The third-order valence-corrected chi connectivity index (χ3v) is 1.60. The Balaban J connectivity index is 3.16. The van der Waals surface area contributed by atoms with Crippen molar-refractivity contribution in [3.63, 3.8) is 0 Å². The standard InChI is InChI=1S/C5H13O3P/c1-3-5(2)4-8-9(6)7/h5,9H,3-4H2,1-2H3,(H,6,7). The summed E-state index contributed by atoms with van der Waals surface area (Å²) in [6.45, 7) is 4.39. The minimum atomic E-state index is -2.69. The second-order valence-corrected chi connectivity index (χ2v) is 2.91. The lowest BCUT2D eigenvalue weighted by molar-refractivity contribution is 0.237. The predicted molar refractivity (Wildman–Crippen MR) is 36.6 cm³/mol. The van der Waals surface area contributed by atoms with Crippen LogP contribution >= 0.6 is 8.25 Å². The SMILES string of the molecule is CCC(C)CO[PH](=O)O. The Labute approximate surface area is 56.0 Å². The highest BCUT2D eigenvalue weighted by Gasteiger charge is 1.99. The van der Waals surface area contributed by atoms with Gasteiger partial charge in [-0.05, 0) is 5.92 Å². The van der Waals surface area contributed by atoms with Gasteiger partial charge in [-0.2, -0.15) is 0 Å². The van der Waals surface area contributed by atoms with Crippen molar-refractivity contribution in [1.29, 1.82) is 0 Å². The summed E-state index contributed by atoms with van der Waals surface area (Å²) < 4.78 is 14.5. The molecule has 2 unspecified atom stereocenters. The molecule has 0 radical (unpaired) electrons. The molecule has 0 rings (SSSR count). The zero-order chi connectivity index (χ0) is 7.28. The Kier molecular flexibility index (Phi) is 5.06. The topological polar surface area (TPSA) is 46.5 Å². The van der Waals surface area contributed by atoms with Crippen LogP contribution in [0.3, 0.4) is 0 Å². The molecule has 56 valence electrons. The minimum Gasteiger partial charge on any atom is -0.326 e. The maximum atomic E-state index is 9.98. The first-order valence-electron chi connectivity index (χ1n) is 3.02. The first-order valence-corrected chi connectivity index (χ1v) is 4.29. The third kappa shape index (κ3) is 6.03. The van der Waals surface area contributed by atoms with E-state index in [0.29, 0.717) is 12.5 Å². The molecular formula is C5H13O3P. The fourth-order valence-electron chi connectivity index (χ4n) is 0.331. The van der Waals surface area contributed by atoms with Crippen LogP contribution in [-0.2, 0) is 9.09 Å². The van der Waals surface area contributed by atoms with Gasteiger partial charge >= 0.3 is 8.25 Å². The maximum absolute atomic E-state index is 9.98. The van der Waals surface area contributed by atoms with Gasteiger partial charge in [0.25, 0.3) is 0 Å². The van der Waals surface area contributed by atoms with Crippen molar-refractivity contribution in [2.45, 2.75) is 20.3 Å². The maximum Gasteiger partial charge on any atom is 0.316 e. The normalized spacial score (nSPS) is 17.2. The van der Waals surface area contributed by atoms with Crippen LogP contribution in [0.5, 0.6) is 0 Å². The second-order valence-electron chi connectivity index (χ2n) is 2.09. The number of rotatable bonds is 4. The molecule has 3 nitrogen and oxygen atoms in total. The van der Waals surface area contributed by atoms with Crippen LogP contribution in [-0.4, -0.2) is 11.5 Å². The van der Waals surface area contributed by atoms with Gasteiger partial charge in [0, 0.05) is 0 Å². The van der Waals surface area contributed by atoms with Gasteiger partial charge in [-0.1, -0.05) is 20.3 Å². The average Bonchev–Trinajstić information content (AvgIpc) is 1.83. The minimum absolute atomic E-state index is 0.381. The lowest BCUT2D eigenvalue weighted by atomic mass is 10.1. The lowest BCUT2D eigenvalue weighted by Crippen LogP contribution is -1.99. The van der Waals surface area contributed by atoms with Gasteiger partial charge in [0.15, 0.2) is 0 Å². The lowest BCUT2D eigenvalue weighted by Gasteiger charge is -2.05. The van der Waals surface area contributed by atoms with E-state index in [0.717, 1.165) is 6.42 Å². The first kappa shape index (κ1) is 9.15. The van der Waals surface area contributed by atoms with E-state index in [1.807, 2.05) is 13.8 Å². The van der Waals surface area contributed by atoms with E-state index in [4.69, 9.17) is 4.89 Å². The van der Waals surface area contributed by atoms with Crippen molar-refractivity contribution in [2.75, 3.05) is 6.61 Å². The molecule has 0 aromatic rings. The van der Waals surface area contributed by atoms with E-state index in [1.54, 1.807) is 0 Å². The fourth-order valence-corrected chi connectivity index (χ4v) is 0.758. The fraction of sp³-hybridized carbons (Fsp3) is 1.00. The molecule has 0 aliphatic rings. The molecule has 0 heterocycles. The molecule has 0 aromatic heterocycles. The van der Waals surface area contributed by atoms with Crippen molar-refractivity contribution in [2.24, 2.45) is 5.92 Å². The van der Waals surface area contributed by atoms with E-state index >= 15 is 0 Å². The predicted octanol–water partition coefficient (Wildman–Crippen LogP) is 1.43. The molecule has 0 aliphatic heterocycles. The van der Waals surface area contributed by atoms with Gasteiger partial charge < -0.3 is 9.42 Å². The molecule has 0 saturated heterocycles. The molecule has 9 heavy (non-hydrogen) atoms. The first-order chi connectivity index (χ1) is 4.16. The summed E-state index contributed by atoms with van der Waals surface area (Å²) in [4.78, 5) is 8.22. The van der Waals surface area contributed by atoms with E-state index < -0.39 is 8.25 Å². The summed E-state index contributed by atoms with van der Waals surface area (Å²) in [6.07, 6.45) is 0.981. The van der Waals surface area contributed by atoms with Gasteiger partial charge in [-0.3, -0.25) is 4.57 Å². The van der Waals surface area contributed by atoms with Gasteiger partial charge in [0.1, 0.15) is 0 Å². The smallest absolute Gasteiger partial charge is 0.316 e. The van der Waals surface area contributed by atoms with Crippen LogP contribution in [0.25, 0.3) is 0 Å². The van der Waals surface area contributed by atoms with Gasteiger partial charge in [0.05, 0.1) is 6.61 Å². The molecule has 0 bridgehead atoms.